The van der Waals surface area contributed by atoms with Crippen molar-refractivity contribution in [2.45, 2.75) is 4.90 Å². The van der Waals surface area contributed by atoms with Gasteiger partial charge in [0.25, 0.3) is 0 Å². The smallest absolute Gasteiger partial charge is 0.253 e. The van der Waals surface area contributed by atoms with E-state index in [2.05, 4.69) is 4.98 Å². The molecule has 0 N–H and O–H groups in total. The van der Waals surface area contributed by atoms with E-state index in [9.17, 15) is 16.7 Å². The van der Waals surface area contributed by atoms with Gasteiger partial charge < -0.3 is 0 Å². The highest BCUT2D eigenvalue weighted by molar-refractivity contribution is 7.86. The second-order valence-electron chi connectivity index (χ2n) is 2.88. The van der Waals surface area contributed by atoms with Crippen molar-refractivity contribution in [3.63, 3.8) is 0 Å². The quantitative estimate of drug-likeness (QED) is 0.703. The molecule has 1 heterocycles. The molecule has 1 aromatic heterocycles. The fourth-order valence-electron chi connectivity index (χ4n) is 1.32. The van der Waals surface area contributed by atoms with Crippen molar-refractivity contribution >= 4 is 21.1 Å². The van der Waals surface area contributed by atoms with E-state index >= 15 is 0 Å². The van der Waals surface area contributed by atoms with E-state index < -0.39 is 20.9 Å². The Morgan fingerprint density at radius 1 is 1.20 bits per heavy atom. The van der Waals surface area contributed by atoms with Gasteiger partial charge in [-0.15, -0.1) is 3.89 Å². The zero-order chi connectivity index (χ0) is 11.1. The van der Waals surface area contributed by atoms with Gasteiger partial charge in [0.15, 0.2) is 0 Å². The largest absolute Gasteiger partial charge is 0.332 e. The molecule has 0 fully saturated rings. The molecule has 0 aliphatic heterocycles. The molecule has 0 amide bonds. The molecule has 6 heteroatoms. The Morgan fingerprint density at radius 2 is 1.93 bits per heavy atom. The summed E-state index contributed by atoms with van der Waals surface area (Å²) in [5.74, 6) is -0.682. The minimum absolute atomic E-state index is 0.0556. The third kappa shape index (κ3) is 1.68. The summed E-state index contributed by atoms with van der Waals surface area (Å²) in [6.07, 6.45) is 1.31. The second kappa shape index (κ2) is 3.23. The molecule has 0 spiro atoms. The van der Waals surface area contributed by atoms with Gasteiger partial charge in [-0.1, -0.05) is 0 Å². The van der Waals surface area contributed by atoms with Crippen LogP contribution in [0.25, 0.3) is 10.9 Å². The van der Waals surface area contributed by atoms with Crippen LogP contribution in [0.1, 0.15) is 0 Å². The fraction of sp³-hybridized carbons (Fsp3) is 0. The molecule has 2 aromatic rings. The van der Waals surface area contributed by atoms with Gasteiger partial charge in [0.2, 0.25) is 0 Å². The number of pyridine rings is 1. The zero-order valence-electron chi connectivity index (χ0n) is 7.31. The monoisotopic (exact) mass is 229 g/mol. The average Bonchev–Trinajstić information content (AvgIpc) is 2.17. The summed E-state index contributed by atoms with van der Waals surface area (Å²) in [5.41, 5.74) is -0.156. The zero-order valence-corrected chi connectivity index (χ0v) is 8.13. The molecule has 0 bridgehead atoms. The van der Waals surface area contributed by atoms with Crippen molar-refractivity contribution in [3.05, 3.63) is 36.3 Å². The molecule has 3 nitrogen and oxygen atoms in total. The third-order valence-electron chi connectivity index (χ3n) is 1.94. The van der Waals surface area contributed by atoms with Crippen LogP contribution in [-0.4, -0.2) is 13.4 Å². The molecule has 0 unspecified atom stereocenters. The van der Waals surface area contributed by atoms with Gasteiger partial charge in [0, 0.05) is 11.6 Å². The first kappa shape index (κ1) is 9.97. The van der Waals surface area contributed by atoms with Gasteiger partial charge in [0.05, 0.1) is 0 Å². The lowest BCUT2D eigenvalue weighted by Gasteiger charge is -2.01. The maximum absolute atomic E-state index is 13.2. The van der Waals surface area contributed by atoms with E-state index in [4.69, 9.17) is 0 Å². The summed E-state index contributed by atoms with van der Waals surface area (Å²) in [4.78, 5) is 3.09. The highest BCUT2D eigenvalue weighted by Gasteiger charge is 2.17. The Bertz CT molecular complexity index is 625. The van der Waals surface area contributed by atoms with Crippen molar-refractivity contribution in [2.75, 3.05) is 0 Å². The molecule has 1 aromatic carbocycles. The Hall–Kier alpha value is -1.56. The van der Waals surface area contributed by atoms with Gasteiger partial charge in [-0.25, -0.2) is 4.39 Å². The molecule has 0 aliphatic carbocycles. The summed E-state index contributed by atoms with van der Waals surface area (Å²) in [6.45, 7) is 0. The lowest BCUT2D eigenvalue weighted by atomic mass is 10.2. The summed E-state index contributed by atoms with van der Waals surface area (Å²) in [6, 6.07) is 4.48. The van der Waals surface area contributed by atoms with Crippen LogP contribution < -0.4 is 0 Å². The molecule has 0 atom stereocenters. The van der Waals surface area contributed by atoms with Crippen LogP contribution in [-0.2, 0) is 10.2 Å². The highest BCUT2D eigenvalue weighted by Crippen LogP contribution is 2.24. The third-order valence-corrected chi connectivity index (χ3v) is 2.82. The number of aromatic nitrogens is 1. The van der Waals surface area contributed by atoms with Crippen molar-refractivity contribution in [1.82, 2.24) is 4.98 Å². The molecular formula is C9H5F2NO2S. The number of fused-ring (bicyclic) bond motifs is 1. The van der Waals surface area contributed by atoms with E-state index in [-0.39, 0.29) is 10.9 Å². The maximum atomic E-state index is 13.2. The van der Waals surface area contributed by atoms with Crippen molar-refractivity contribution in [2.24, 2.45) is 0 Å². The van der Waals surface area contributed by atoms with Gasteiger partial charge in [-0.2, -0.15) is 8.42 Å². The second-order valence-corrected chi connectivity index (χ2v) is 4.20. The first-order valence-corrected chi connectivity index (χ1v) is 5.36. The Balaban J connectivity index is 2.96. The van der Waals surface area contributed by atoms with Crippen molar-refractivity contribution in [1.29, 1.82) is 0 Å². The lowest BCUT2D eigenvalue weighted by Crippen LogP contribution is -1.95. The normalized spacial score (nSPS) is 11.9. The first-order chi connectivity index (χ1) is 7.00. The fourth-order valence-corrected chi connectivity index (χ4v) is 1.98. The van der Waals surface area contributed by atoms with Crippen LogP contribution in [0.3, 0.4) is 0 Å². The number of rotatable bonds is 1. The van der Waals surface area contributed by atoms with Crippen LogP contribution in [0.5, 0.6) is 0 Å². The lowest BCUT2D eigenvalue weighted by molar-refractivity contribution is 0.553. The van der Waals surface area contributed by atoms with Gasteiger partial charge in [-0.05, 0) is 24.3 Å². The molecule has 0 saturated heterocycles. The minimum atomic E-state index is -4.85. The van der Waals surface area contributed by atoms with Gasteiger partial charge in [0.1, 0.15) is 16.2 Å². The summed E-state index contributed by atoms with van der Waals surface area (Å²) >= 11 is 0. The van der Waals surface area contributed by atoms with Crippen LogP contribution in [0, 0.1) is 5.82 Å². The minimum Gasteiger partial charge on any atom is -0.253 e. The van der Waals surface area contributed by atoms with E-state index in [1.54, 1.807) is 0 Å². The summed E-state index contributed by atoms with van der Waals surface area (Å²) < 4.78 is 47.5. The van der Waals surface area contributed by atoms with E-state index in [0.717, 1.165) is 12.1 Å². The average molecular weight is 229 g/mol. The van der Waals surface area contributed by atoms with Gasteiger partial charge in [-0.3, -0.25) is 4.98 Å². The first-order valence-electron chi connectivity index (χ1n) is 3.98. The van der Waals surface area contributed by atoms with Crippen LogP contribution in [0.2, 0.25) is 0 Å². The van der Waals surface area contributed by atoms with E-state index in [1.165, 1.54) is 18.3 Å². The predicted octanol–water partition coefficient (Wildman–Crippen LogP) is 2.03. The number of hydrogen-bond donors (Lipinski definition) is 0. The SMILES string of the molecule is O=S(=O)(F)c1ccc(F)c2ncccc12. The number of nitrogens with zero attached hydrogens (tertiary/aromatic N) is 1. The van der Waals surface area contributed by atoms with Crippen LogP contribution >= 0.6 is 0 Å². The number of halogens is 2. The van der Waals surface area contributed by atoms with Crippen LogP contribution in [0.15, 0.2) is 35.4 Å². The summed E-state index contributed by atoms with van der Waals surface area (Å²) in [5, 5.41) is -0.0556. The molecule has 15 heavy (non-hydrogen) atoms. The molecule has 0 radical (unpaired) electrons. The standard InChI is InChI=1S/C9H5F2NO2S/c10-7-3-4-8(15(11,13)14)6-2-1-5-12-9(6)7/h1-5H. The molecule has 0 aliphatic rings. The maximum Gasteiger partial charge on any atom is 0.332 e. The Labute approximate surface area is 84.6 Å². The molecule has 2 rings (SSSR count). The molecule has 0 saturated carbocycles. The van der Waals surface area contributed by atoms with Crippen LogP contribution in [0.4, 0.5) is 8.28 Å². The Morgan fingerprint density at radius 3 is 2.60 bits per heavy atom. The predicted molar refractivity (Wildman–Crippen MR) is 50.0 cm³/mol. The molecule has 78 valence electrons. The molecular weight excluding hydrogens is 224 g/mol. The Kier molecular flexibility index (Phi) is 2.15. The van der Waals surface area contributed by atoms with Crippen molar-refractivity contribution < 1.29 is 16.7 Å². The number of hydrogen-bond acceptors (Lipinski definition) is 3. The number of benzene rings is 1. The van der Waals surface area contributed by atoms with E-state index in [0.29, 0.717) is 0 Å². The highest BCUT2D eigenvalue weighted by atomic mass is 32.3. The van der Waals surface area contributed by atoms with E-state index in [1.807, 2.05) is 0 Å². The summed E-state index contributed by atoms with van der Waals surface area (Å²) in [7, 11) is -4.85. The van der Waals surface area contributed by atoms with Crippen molar-refractivity contribution in [3.8, 4) is 0 Å². The topological polar surface area (TPSA) is 47.0 Å². The van der Waals surface area contributed by atoms with Gasteiger partial charge >= 0.3 is 10.2 Å².